The lowest BCUT2D eigenvalue weighted by atomic mass is 10.0. The van der Waals surface area contributed by atoms with E-state index in [1.54, 1.807) is 43.3 Å². The second-order valence-electron chi connectivity index (χ2n) is 7.44. The number of rotatable bonds is 6. The molecule has 0 aromatic heterocycles. The number of imide groups is 1. The summed E-state index contributed by atoms with van der Waals surface area (Å²) in [5, 5.41) is 0. The molecule has 0 radical (unpaired) electrons. The summed E-state index contributed by atoms with van der Waals surface area (Å²) in [5.74, 6) is 0.105. The number of anilines is 2. The second kappa shape index (κ2) is 8.59. The molecule has 1 heterocycles. The van der Waals surface area contributed by atoms with Crippen molar-refractivity contribution in [1.82, 2.24) is 0 Å². The minimum absolute atomic E-state index is 0.272. The van der Waals surface area contributed by atoms with Gasteiger partial charge >= 0.3 is 0 Å². The van der Waals surface area contributed by atoms with Crippen LogP contribution in [0.4, 0.5) is 11.4 Å². The van der Waals surface area contributed by atoms with Crippen LogP contribution in [0.1, 0.15) is 11.1 Å². The number of nitrogens with zero attached hydrogens (tertiary/aromatic N) is 2. The van der Waals surface area contributed by atoms with Gasteiger partial charge in [0.1, 0.15) is 17.2 Å². The number of hydrogen-bond donors (Lipinski definition) is 0. The van der Waals surface area contributed by atoms with Crippen LogP contribution in [-0.2, 0) is 9.59 Å². The lowest BCUT2D eigenvalue weighted by Crippen LogP contribution is -2.34. The molecule has 162 valence electrons. The number of carbonyl (C=O) groups is 2. The van der Waals surface area contributed by atoms with Gasteiger partial charge < -0.3 is 14.4 Å². The van der Waals surface area contributed by atoms with E-state index in [1.807, 2.05) is 55.5 Å². The molecular formula is C26H24N2O4. The number of methoxy groups -OCH3 is 2. The first-order valence-electron chi connectivity index (χ1n) is 10.2. The summed E-state index contributed by atoms with van der Waals surface area (Å²) in [4.78, 5) is 30.5. The van der Waals surface area contributed by atoms with Crippen LogP contribution in [0.2, 0.25) is 0 Å². The monoisotopic (exact) mass is 428 g/mol. The van der Waals surface area contributed by atoms with Crippen molar-refractivity contribution in [3.05, 3.63) is 89.6 Å². The topological polar surface area (TPSA) is 59.1 Å². The zero-order valence-electron chi connectivity index (χ0n) is 18.5. The van der Waals surface area contributed by atoms with Crippen molar-refractivity contribution in [2.45, 2.75) is 6.92 Å². The molecular weight excluding hydrogens is 404 g/mol. The van der Waals surface area contributed by atoms with Crippen molar-refractivity contribution in [2.24, 2.45) is 0 Å². The molecule has 3 aromatic rings. The highest BCUT2D eigenvalue weighted by atomic mass is 16.5. The van der Waals surface area contributed by atoms with E-state index >= 15 is 0 Å². The summed E-state index contributed by atoms with van der Waals surface area (Å²) in [6, 6.07) is 22.1. The van der Waals surface area contributed by atoms with E-state index in [9.17, 15) is 9.59 Å². The van der Waals surface area contributed by atoms with Gasteiger partial charge in [0, 0.05) is 18.3 Å². The minimum atomic E-state index is -0.429. The van der Waals surface area contributed by atoms with E-state index in [0.717, 1.165) is 11.3 Å². The van der Waals surface area contributed by atoms with Crippen molar-refractivity contribution in [2.75, 3.05) is 31.1 Å². The number of amides is 2. The van der Waals surface area contributed by atoms with Gasteiger partial charge in [-0.05, 0) is 42.8 Å². The van der Waals surface area contributed by atoms with Gasteiger partial charge in [-0.1, -0.05) is 42.5 Å². The Labute approximate surface area is 187 Å². The standard InChI is InChI=1S/C26H24N2O4/c1-17-14-15-22(32-4)20(16-17)28-25(29)23(19-12-8-9-13-21(19)31-3)24(26(28)30)27(2)18-10-6-5-7-11-18/h5-16H,1-4H3. The second-order valence-corrected chi connectivity index (χ2v) is 7.44. The molecule has 0 N–H and O–H groups in total. The van der Waals surface area contributed by atoms with Gasteiger partial charge in [0.05, 0.1) is 25.5 Å². The molecule has 6 nitrogen and oxygen atoms in total. The average Bonchev–Trinajstić information content (AvgIpc) is 3.08. The van der Waals surface area contributed by atoms with E-state index in [0.29, 0.717) is 22.7 Å². The summed E-state index contributed by atoms with van der Waals surface area (Å²) < 4.78 is 11.0. The quantitative estimate of drug-likeness (QED) is 0.544. The average molecular weight is 428 g/mol. The van der Waals surface area contributed by atoms with Crippen LogP contribution < -0.4 is 19.3 Å². The van der Waals surface area contributed by atoms with Crippen molar-refractivity contribution >= 4 is 28.8 Å². The Balaban J connectivity index is 1.95. The van der Waals surface area contributed by atoms with Crippen LogP contribution in [0.5, 0.6) is 11.5 Å². The highest BCUT2D eigenvalue weighted by Crippen LogP contribution is 2.41. The maximum atomic E-state index is 13.8. The molecule has 2 amide bonds. The van der Waals surface area contributed by atoms with E-state index < -0.39 is 11.8 Å². The molecule has 4 rings (SSSR count). The molecule has 0 saturated heterocycles. The fourth-order valence-corrected chi connectivity index (χ4v) is 3.90. The molecule has 0 aliphatic carbocycles. The molecule has 0 spiro atoms. The molecule has 0 fully saturated rings. The fourth-order valence-electron chi connectivity index (χ4n) is 3.90. The zero-order valence-corrected chi connectivity index (χ0v) is 18.5. The Hall–Kier alpha value is -4.06. The number of carbonyl (C=O) groups excluding carboxylic acids is 2. The first-order valence-corrected chi connectivity index (χ1v) is 10.2. The molecule has 3 aromatic carbocycles. The maximum absolute atomic E-state index is 13.8. The van der Waals surface area contributed by atoms with Crippen LogP contribution in [0, 0.1) is 6.92 Å². The third-order valence-electron chi connectivity index (χ3n) is 5.49. The summed E-state index contributed by atoms with van der Waals surface area (Å²) in [6.07, 6.45) is 0. The number of aryl methyl sites for hydroxylation is 1. The molecule has 0 saturated carbocycles. The lowest BCUT2D eigenvalue weighted by Gasteiger charge is -2.22. The Kier molecular flexibility index (Phi) is 5.69. The predicted molar refractivity (Wildman–Crippen MR) is 125 cm³/mol. The SMILES string of the molecule is COc1ccccc1C1=C(N(C)c2ccccc2)C(=O)N(c2cc(C)ccc2OC)C1=O. The van der Waals surface area contributed by atoms with Gasteiger partial charge in [-0.25, -0.2) is 4.90 Å². The zero-order chi connectivity index (χ0) is 22.8. The highest BCUT2D eigenvalue weighted by Gasteiger charge is 2.44. The van der Waals surface area contributed by atoms with E-state index in [2.05, 4.69) is 0 Å². The van der Waals surface area contributed by atoms with Crippen LogP contribution in [0.25, 0.3) is 5.57 Å². The Bertz CT molecular complexity index is 1220. The molecule has 0 bridgehead atoms. The highest BCUT2D eigenvalue weighted by molar-refractivity contribution is 6.46. The van der Waals surface area contributed by atoms with Gasteiger partial charge in [-0.2, -0.15) is 0 Å². The van der Waals surface area contributed by atoms with E-state index in [-0.39, 0.29) is 11.3 Å². The van der Waals surface area contributed by atoms with Gasteiger partial charge in [0.25, 0.3) is 11.8 Å². The third-order valence-corrected chi connectivity index (χ3v) is 5.49. The first-order chi connectivity index (χ1) is 15.5. The van der Waals surface area contributed by atoms with Gasteiger partial charge in [-0.15, -0.1) is 0 Å². The predicted octanol–water partition coefficient (Wildman–Crippen LogP) is 4.43. The van der Waals surface area contributed by atoms with Crippen LogP contribution >= 0.6 is 0 Å². The Morgan fingerprint density at radius 3 is 2.12 bits per heavy atom. The minimum Gasteiger partial charge on any atom is -0.496 e. The normalized spacial score (nSPS) is 13.6. The number of likely N-dealkylation sites (N-methyl/N-ethyl adjacent to an activating group) is 1. The summed E-state index contributed by atoms with van der Waals surface area (Å²) in [7, 11) is 4.84. The summed E-state index contributed by atoms with van der Waals surface area (Å²) in [5.41, 5.74) is 3.21. The molecule has 0 atom stereocenters. The van der Waals surface area contributed by atoms with Crippen LogP contribution in [-0.4, -0.2) is 33.1 Å². The van der Waals surface area contributed by atoms with Crippen molar-refractivity contribution < 1.29 is 19.1 Å². The summed E-state index contributed by atoms with van der Waals surface area (Å²) in [6.45, 7) is 1.90. The smallest absolute Gasteiger partial charge is 0.282 e. The largest absolute Gasteiger partial charge is 0.496 e. The van der Waals surface area contributed by atoms with Gasteiger partial charge in [0.15, 0.2) is 0 Å². The van der Waals surface area contributed by atoms with Crippen LogP contribution in [0.15, 0.2) is 78.5 Å². The van der Waals surface area contributed by atoms with E-state index in [4.69, 9.17) is 9.47 Å². The molecule has 6 heteroatoms. The number of ether oxygens (including phenoxy) is 2. The molecule has 1 aliphatic rings. The molecule has 0 unspecified atom stereocenters. The molecule has 1 aliphatic heterocycles. The first kappa shape index (κ1) is 21.2. The van der Waals surface area contributed by atoms with Crippen LogP contribution in [0.3, 0.4) is 0 Å². The maximum Gasteiger partial charge on any atom is 0.282 e. The third kappa shape index (κ3) is 3.50. The summed E-state index contributed by atoms with van der Waals surface area (Å²) >= 11 is 0. The fraction of sp³-hybridized carbons (Fsp3) is 0.154. The lowest BCUT2D eigenvalue weighted by molar-refractivity contribution is -0.120. The van der Waals surface area contributed by atoms with Gasteiger partial charge in [0.2, 0.25) is 0 Å². The van der Waals surface area contributed by atoms with Crippen molar-refractivity contribution in [3.63, 3.8) is 0 Å². The molecule has 32 heavy (non-hydrogen) atoms. The van der Waals surface area contributed by atoms with Gasteiger partial charge in [-0.3, -0.25) is 9.59 Å². The Morgan fingerprint density at radius 1 is 0.781 bits per heavy atom. The van der Waals surface area contributed by atoms with Crippen molar-refractivity contribution in [3.8, 4) is 11.5 Å². The number of hydrogen-bond acceptors (Lipinski definition) is 5. The number of benzene rings is 3. The Morgan fingerprint density at radius 2 is 1.44 bits per heavy atom. The van der Waals surface area contributed by atoms with Crippen molar-refractivity contribution in [1.29, 1.82) is 0 Å². The number of para-hydroxylation sites is 2. The van der Waals surface area contributed by atoms with E-state index in [1.165, 1.54) is 12.0 Å².